The Kier molecular flexibility index (Phi) is 3.44. The summed E-state index contributed by atoms with van der Waals surface area (Å²) in [6.45, 7) is 3.84. The fraction of sp³-hybridized carbons (Fsp3) is 0.833. The van der Waals surface area contributed by atoms with Crippen LogP contribution in [-0.4, -0.2) is 12.3 Å². The van der Waals surface area contributed by atoms with Crippen molar-refractivity contribution in [2.45, 2.75) is 26.3 Å². The molecule has 2 atom stereocenters. The van der Waals surface area contributed by atoms with E-state index in [0.717, 1.165) is 6.42 Å². The summed E-state index contributed by atoms with van der Waals surface area (Å²) >= 11 is 0. The minimum atomic E-state index is -0.639. The molecule has 0 aliphatic carbocycles. The molecule has 0 fully saturated rings. The Bertz CT molecular complexity index is 72.9. The standard InChI is InChI=1S/C6H11NO/c1-3-5(2)6(7)4-8/h5-7H,3H2,1-2H3/t5-,6-/m0/s1. The molecule has 0 heterocycles. The molecule has 0 aromatic rings. The molecule has 2 heteroatoms. The molecule has 0 aliphatic rings. The zero-order valence-electron chi connectivity index (χ0n) is 5.27. The minimum absolute atomic E-state index is 0.160. The molecule has 2 nitrogen and oxygen atoms in total. The third-order valence-corrected chi connectivity index (χ3v) is 1.34. The quantitative estimate of drug-likeness (QED) is 0.533. The lowest BCUT2D eigenvalue weighted by Gasteiger charge is -2.07. The van der Waals surface area contributed by atoms with Gasteiger partial charge in [0.1, 0.15) is 0 Å². The van der Waals surface area contributed by atoms with Crippen molar-refractivity contribution in [3.63, 3.8) is 0 Å². The molecule has 0 spiro atoms. The smallest absolute Gasteiger partial charge is 0.218 e. The first-order valence-electron chi connectivity index (χ1n) is 2.81. The van der Waals surface area contributed by atoms with E-state index >= 15 is 0 Å². The van der Waals surface area contributed by atoms with Crippen molar-refractivity contribution in [1.82, 2.24) is 5.73 Å². The van der Waals surface area contributed by atoms with Crippen LogP contribution in [0.2, 0.25) is 0 Å². The molecule has 0 amide bonds. The maximum Gasteiger partial charge on any atom is 0.218 e. The SMILES string of the molecule is CC[C@H](C)[C@@H]([NH])[C]=O. The normalized spacial score (nSPS) is 17.4. The monoisotopic (exact) mass is 113 g/mol. The summed E-state index contributed by atoms with van der Waals surface area (Å²) in [7, 11) is 0. The zero-order valence-corrected chi connectivity index (χ0v) is 5.27. The molecular formula is C6H11NO. The van der Waals surface area contributed by atoms with Crippen LogP contribution in [0.4, 0.5) is 0 Å². The van der Waals surface area contributed by atoms with Gasteiger partial charge < -0.3 is 0 Å². The molecule has 8 heavy (non-hydrogen) atoms. The summed E-state index contributed by atoms with van der Waals surface area (Å²) in [5, 5.41) is 0. The molecule has 0 rings (SSSR count). The molecule has 0 saturated heterocycles. The van der Waals surface area contributed by atoms with Crippen molar-refractivity contribution in [3.8, 4) is 0 Å². The van der Waals surface area contributed by atoms with Crippen LogP contribution in [0, 0.1) is 5.92 Å². The van der Waals surface area contributed by atoms with Crippen molar-refractivity contribution in [2.24, 2.45) is 5.92 Å². The molecule has 0 bridgehead atoms. The van der Waals surface area contributed by atoms with Crippen LogP contribution in [0.15, 0.2) is 0 Å². The number of hydrogen-bond acceptors (Lipinski definition) is 1. The minimum Gasteiger partial charge on any atom is -0.289 e. The zero-order chi connectivity index (χ0) is 6.57. The fourth-order valence-electron chi connectivity index (χ4n) is 0.352. The predicted octanol–water partition coefficient (Wildman–Crippen LogP) is 0.794. The summed E-state index contributed by atoms with van der Waals surface area (Å²) in [6, 6.07) is -0.639. The van der Waals surface area contributed by atoms with E-state index in [1.54, 1.807) is 6.29 Å². The van der Waals surface area contributed by atoms with Gasteiger partial charge in [0.05, 0.1) is 6.04 Å². The number of nitrogens with one attached hydrogen (secondary N) is 1. The van der Waals surface area contributed by atoms with E-state index in [1.807, 2.05) is 13.8 Å². The lowest BCUT2D eigenvalue weighted by molar-refractivity contribution is 0.470. The second kappa shape index (κ2) is 3.61. The van der Waals surface area contributed by atoms with Gasteiger partial charge in [-0.3, -0.25) is 4.79 Å². The van der Waals surface area contributed by atoms with E-state index in [9.17, 15) is 4.79 Å². The Labute approximate surface area is 50.1 Å². The fourth-order valence-corrected chi connectivity index (χ4v) is 0.352. The van der Waals surface area contributed by atoms with Crippen molar-refractivity contribution in [1.29, 1.82) is 0 Å². The second-order valence-corrected chi connectivity index (χ2v) is 1.98. The second-order valence-electron chi connectivity index (χ2n) is 1.98. The van der Waals surface area contributed by atoms with E-state index in [1.165, 1.54) is 0 Å². The maximum atomic E-state index is 9.79. The van der Waals surface area contributed by atoms with Gasteiger partial charge >= 0.3 is 0 Å². The Hall–Kier alpha value is -0.370. The Morgan fingerprint density at radius 3 is 2.38 bits per heavy atom. The first kappa shape index (κ1) is 7.63. The van der Waals surface area contributed by atoms with Crippen LogP contribution in [0.25, 0.3) is 0 Å². The summed E-state index contributed by atoms with van der Waals surface area (Å²) in [5.74, 6) is 0.160. The third-order valence-electron chi connectivity index (χ3n) is 1.34. The topological polar surface area (TPSA) is 40.9 Å². The van der Waals surface area contributed by atoms with E-state index in [-0.39, 0.29) is 5.92 Å². The number of carbonyl (C=O) groups excluding carboxylic acids is 1. The highest BCUT2D eigenvalue weighted by atomic mass is 16.1. The molecular weight excluding hydrogens is 102 g/mol. The van der Waals surface area contributed by atoms with E-state index in [2.05, 4.69) is 0 Å². The summed E-state index contributed by atoms with van der Waals surface area (Å²) in [5.41, 5.74) is 7.00. The summed E-state index contributed by atoms with van der Waals surface area (Å²) in [4.78, 5) is 9.79. The van der Waals surface area contributed by atoms with Gasteiger partial charge in [-0.15, -0.1) is 0 Å². The lowest BCUT2D eigenvalue weighted by Crippen LogP contribution is -2.19. The molecule has 0 unspecified atom stereocenters. The van der Waals surface area contributed by atoms with E-state index in [4.69, 9.17) is 5.73 Å². The van der Waals surface area contributed by atoms with Crippen molar-refractivity contribution < 1.29 is 4.79 Å². The van der Waals surface area contributed by atoms with Crippen LogP contribution in [0.5, 0.6) is 0 Å². The van der Waals surface area contributed by atoms with Crippen LogP contribution >= 0.6 is 0 Å². The van der Waals surface area contributed by atoms with Gasteiger partial charge in [-0.05, 0) is 5.92 Å². The highest BCUT2D eigenvalue weighted by Crippen LogP contribution is 2.02. The molecule has 0 aromatic carbocycles. The largest absolute Gasteiger partial charge is 0.289 e. The van der Waals surface area contributed by atoms with E-state index < -0.39 is 6.04 Å². The van der Waals surface area contributed by atoms with Crippen molar-refractivity contribution >= 4 is 6.29 Å². The van der Waals surface area contributed by atoms with Gasteiger partial charge in [-0.25, -0.2) is 5.73 Å². The highest BCUT2D eigenvalue weighted by Gasteiger charge is 2.09. The van der Waals surface area contributed by atoms with Crippen LogP contribution < -0.4 is 5.73 Å². The van der Waals surface area contributed by atoms with Gasteiger partial charge in [0.25, 0.3) is 0 Å². The van der Waals surface area contributed by atoms with Gasteiger partial charge in [0.2, 0.25) is 6.29 Å². The van der Waals surface area contributed by atoms with Gasteiger partial charge in [0.15, 0.2) is 0 Å². The maximum absolute atomic E-state index is 9.79. The Morgan fingerprint density at radius 1 is 1.75 bits per heavy atom. The van der Waals surface area contributed by atoms with Crippen LogP contribution in [-0.2, 0) is 4.79 Å². The predicted molar refractivity (Wildman–Crippen MR) is 32.0 cm³/mol. The molecule has 2 radical (unpaired) electrons. The first-order chi connectivity index (χ1) is 3.72. The van der Waals surface area contributed by atoms with Crippen molar-refractivity contribution in [2.75, 3.05) is 0 Å². The molecule has 1 N–H and O–H groups in total. The molecule has 0 saturated carbocycles. The average Bonchev–Trinajstić information content (AvgIpc) is 1.84. The molecule has 0 aromatic heterocycles. The van der Waals surface area contributed by atoms with Crippen molar-refractivity contribution in [3.05, 3.63) is 0 Å². The van der Waals surface area contributed by atoms with E-state index in [0.29, 0.717) is 0 Å². The number of hydrogen-bond donors (Lipinski definition) is 0. The summed E-state index contributed by atoms with van der Waals surface area (Å²) < 4.78 is 0. The Morgan fingerprint density at radius 2 is 2.25 bits per heavy atom. The van der Waals surface area contributed by atoms with Crippen LogP contribution in [0.1, 0.15) is 20.3 Å². The third kappa shape index (κ3) is 2.07. The molecule has 0 aliphatic heterocycles. The number of rotatable bonds is 3. The van der Waals surface area contributed by atoms with Crippen LogP contribution in [0.3, 0.4) is 0 Å². The summed E-state index contributed by atoms with van der Waals surface area (Å²) in [6.07, 6.45) is 2.51. The Balaban J connectivity index is 3.44. The lowest BCUT2D eigenvalue weighted by atomic mass is 10.0. The van der Waals surface area contributed by atoms with Gasteiger partial charge in [-0.1, -0.05) is 20.3 Å². The molecule has 46 valence electrons. The highest BCUT2D eigenvalue weighted by molar-refractivity contribution is 5.58. The first-order valence-corrected chi connectivity index (χ1v) is 2.81. The average molecular weight is 113 g/mol. The van der Waals surface area contributed by atoms with Gasteiger partial charge in [-0.2, -0.15) is 0 Å². The van der Waals surface area contributed by atoms with Gasteiger partial charge in [0, 0.05) is 0 Å².